The molecular formula is C26H32N8O3. The molecule has 1 saturated heterocycles. The molecule has 0 unspecified atom stereocenters. The summed E-state index contributed by atoms with van der Waals surface area (Å²) in [6, 6.07) is 9.18. The molecule has 0 atom stereocenters. The van der Waals surface area contributed by atoms with Crippen molar-refractivity contribution in [3.8, 4) is 0 Å². The molecule has 2 aromatic heterocycles. The molecule has 3 N–H and O–H groups in total. The first-order chi connectivity index (χ1) is 17.9. The van der Waals surface area contributed by atoms with Crippen molar-refractivity contribution in [2.24, 2.45) is 7.05 Å². The number of carbonyl (C=O) groups excluding carboxylic acids is 2. The highest BCUT2D eigenvalue weighted by Gasteiger charge is 2.28. The normalized spacial score (nSPS) is 15.4. The summed E-state index contributed by atoms with van der Waals surface area (Å²) in [5, 5.41) is 19.7. The number of hydrogen-bond donors (Lipinski definition) is 3. The maximum atomic E-state index is 13.7. The maximum Gasteiger partial charge on any atom is 0.317 e. The molecule has 194 valence electrons. The van der Waals surface area contributed by atoms with E-state index in [0.29, 0.717) is 49.8 Å². The molecule has 2 aliphatic rings. The van der Waals surface area contributed by atoms with Crippen molar-refractivity contribution in [3.63, 3.8) is 0 Å². The second-order valence-corrected chi connectivity index (χ2v) is 9.38. The molecule has 3 amide bonds. The first-order valence-electron chi connectivity index (χ1n) is 12.4. The Bertz CT molecular complexity index is 1300. The molecule has 37 heavy (non-hydrogen) atoms. The van der Waals surface area contributed by atoms with Crippen LogP contribution in [0.2, 0.25) is 0 Å². The van der Waals surface area contributed by atoms with Crippen LogP contribution in [-0.2, 0) is 20.1 Å². The molecule has 0 radical (unpaired) electrons. The fourth-order valence-corrected chi connectivity index (χ4v) is 4.80. The summed E-state index contributed by atoms with van der Waals surface area (Å²) in [5.74, 6) is 1.28. The van der Waals surface area contributed by atoms with Gasteiger partial charge in [0.05, 0.1) is 25.0 Å². The van der Waals surface area contributed by atoms with Gasteiger partial charge in [-0.25, -0.2) is 9.78 Å². The number of aliphatic hydroxyl groups is 1. The van der Waals surface area contributed by atoms with Gasteiger partial charge in [-0.1, -0.05) is 6.07 Å². The lowest BCUT2D eigenvalue weighted by Crippen LogP contribution is -2.52. The highest BCUT2D eigenvalue weighted by Crippen LogP contribution is 2.34. The molecule has 4 heterocycles. The average molecular weight is 505 g/mol. The Labute approximate surface area is 215 Å². The smallest absolute Gasteiger partial charge is 0.317 e. The molecule has 11 nitrogen and oxygen atoms in total. The van der Waals surface area contributed by atoms with E-state index in [1.54, 1.807) is 26.9 Å². The number of aliphatic hydroxyl groups excluding tert-OH is 1. The fourth-order valence-electron chi connectivity index (χ4n) is 4.80. The zero-order chi connectivity index (χ0) is 25.9. The number of urea groups is 1. The third-order valence-electron chi connectivity index (χ3n) is 7.00. The zero-order valence-electron chi connectivity index (χ0n) is 21.1. The summed E-state index contributed by atoms with van der Waals surface area (Å²) in [5.41, 5.74) is 4.06. The first kappa shape index (κ1) is 24.7. The molecule has 2 aliphatic heterocycles. The number of pyridine rings is 1. The van der Waals surface area contributed by atoms with E-state index in [1.807, 2.05) is 44.3 Å². The molecule has 5 rings (SSSR count). The Morgan fingerprint density at radius 1 is 1.16 bits per heavy atom. The highest BCUT2D eigenvalue weighted by molar-refractivity contribution is 6.08. The minimum Gasteiger partial charge on any atom is -0.395 e. The van der Waals surface area contributed by atoms with Crippen molar-refractivity contribution < 1.29 is 14.7 Å². The van der Waals surface area contributed by atoms with Crippen LogP contribution in [0.4, 0.5) is 22.1 Å². The van der Waals surface area contributed by atoms with Crippen molar-refractivity contribution in [1.82, 2.24) is 29.9 Å². The number of hydrogen-bond acceptors (Lipinski definition) is 7. The predicted molar refractivity (Wildman–Crippen MR) is 140 cm³/mol. The van der Waals surface area contributed by atoms with Crippen molar-refractivity contribution in [3.05, 3.63) is 65.0 Å². The number of nitrogens with zero attached hydrogens (tertiary/aromatic N) is 6. The lowest BCUT2D eigenvalue weighted by molar-refractivity contribution is 0.0985. The minimum absolute atomic E-state index is 0.100. The van der Waals surface area contributed by atoms with Crippen LogP contribution in [0, 0.1) is 6.92 Å². The van der Waals surface area contributed by atoms with Gasteiger partial charge in [0.1, 0.15) is 5.82 Å². The average Bonchev–Trinajstić information content (AvgIpc) is 3.15. The number of benzene rings is 1. The summed E-state index contributed by atoms with van der Waals surface area (Å²) in [6.07, 6.45) is 3.45. The molecule has 0 spiro atoms. The molecular weight excluding hydrogens is 472 g/mol. The van der Waals surface area contributed by atoms with Gasteiger partial charge < -0.3 is 25.5 Å². The topological polar surface area (TPSA) is 119 Å². The summed E-state index contributed by atoms with van der Waals surface area (Å²) >= 11 is 0. The van der Waals surface area contributed by atoms with Crippen LogP contribution in [0.5, 0.6) is 0 Å². The summed E-state index contributed by atoms with van der Waals surface area (Å²) < 4.78 is 1.74. The number of anilines is 3. The summed E-state index contributed by atoms with van der Waals surface area (Å²) in [7, 11) is 1.85. The third-order valence-corrected chi connectivity index (χ3v) is 7.00. The molecule has 0 bridgehead atoms. The monoisotopic (exact) mass is 504 g/mol. The summed E-state index contributed by atoms with van der Waals surface area (Å²) in [6.45, 7) is 6.27. The van der Waals surface area contributed by atoms with Crippen LogP contribution in [0.15, 0.2) is 42.7 Å². The second-order valence-electron chi connectivity index (χ2n) is 9.38. The third kappa shape index (κ3) is 5.13. The van der Waals surface area contributed by atoms with Gasteiger partial charge in [0.15, 0.2) is 5.82 Å². The van der Waals surface area contributed by atoms with Crippen LogP contribution in [0.25, 0.3) is 0 Å². The van der Waals surface area contributed by atoms with Gasteiger partial charge in [0.25, 0.3) is 5.91 Å². The quantitative estimate of drug-likeness (QED) is 0.485. The van der Waals surface area contributed by atoms with Gasteiger partial charge >= 0.3 is 6.03 Å². The van der Waals surface area contributed by atoms with Crippen LogP contribution in [0.3, 0.4) is 0 Å². The maximum absolute atomic E-state index is 13.7. The molecule has 11 heteroatoms. The lowest BCUT2D eigenvalue weighted by Gasteiger charge is -2.34. The largest absolute Gasteiger partial charge is 0.395 e. The SMILES string of the molecule is Cc1cc(C(=O)N2Cc3cnn(C)c3Nc3ncccc32)ccc1CNC(=O)N1CCN(CCO)CC1. The molecule has 0 aliphatic carbocycles. The number of fused-ring (bicyclic) bond motifs is 2. The van der Waals surface area contributed by atoms with Crippen LogP contribution >= 0.6 is 0 Å². The first-order valence-corrected chi connectivity index (χ1v) is 12.4. The van der Waals surface area contributed by atoms with Crippen LogP contribution in [0.1, 0.15) is 27.0 Å². The second kappa shape index (κ2) is 10.6. The number of β-amino-alcohol motifs (C(OH)–C–C–N with tert-alkyl or cyclic N) is 1. The standard InChI is InChI=1S/C26H32N8O3/c1-18-14-19(5-6-20(18)15-28-26(37)33-10-8-32(9-11-33)12-13-35)25(36)34-17-21-16-29-31(2)24(21)30-23-22(34)4-3-7-27-23/h3-7,14,16,35H,8-13,15,17H2,1-2H3,(H,27,30)(H,28,37). The Morgan fingerprint density at radius 3 is 2.73 bits per heavy atom. The predicted octanol–water partition coefficient (Wildman–Crippen LogP) is 1.85. The highest BCUT2D eigenvalue weighted by atomic mass is 16.3. The van der Waals surface area contributed by atoms with Gasteiger partial charge in [-0.05, 0) is 42.3 Å². The molecule has 1 fully saturated rings. The summed E-state index contributed by atoms with van der Waals surface area (Å²) in [4.78, 5) is 36.4. The van der Waals surface area contributed by atoms with E-state index in [4.69, 9.17) is 5.11 Å². The van der Waals surface area contributed by atoms with E-state index in [-0.39, 0.29) is 18.5 Å². The molecule has 1 aromatic carbocycles. The van der Waals surface area contributed by atoms with Crippen molar-refractivity contribution >= 4 is 29.3 Å². The van der Waals surface area contributed by atoms with E-state index in [2.05, 4.69) is 25.6 Å². The number of amides is 3. The van der Waals surface area contributed by atoms with Crippen molar-refractivity contribution in [1.29, 1.82) is 0 Å². The number of carbonyl (C=O) groups is 2. The Hall–Kier alpha value is -3.96. The van der Waals surface area contributed by atoms with Gasteiger partial charge in [-0.15, -0.1) is 0 Å². The van der Waals surface area contributed by atoms with Gasteiger partial charge in [0.2, 0.25) is 0 Å². The van der Waals surface area contributed by atoms with E-state index in [9.17, 15) is 9.59 Å². The van der Waals surface area contributed by atoms with Gasteiger partial charge in [-0.3, -0.25) is 14.4 Å². The van der Waals surface area contributed by atoms with Crippen molar-refractivity contribution in [2.45, 2.75) is 20.0 Å². The minimum atomic E-state index is -0.132. The Kier molecular flexibility index (Phi) is 7.06. The number of rotatable bonds is 5. The lowest BCUT2D eigenvalue weighted by atomic mass is 10.0. The van der Waals surface area contributed by atoms with Crippen molar-refractivity contribution in [2.75, 3.05) is 49.5 Å². The van der Waals surface area contributed by atoms with Crippen LogP contribution < -0.4 is 15.5 Å². The molecule has 3 aromatic rings. The number of piperazine rings is 1. The molecule has 0 saturated carbocycles. The van der Waals surface area contributed by atoms with E-state index >= 15 is 0 Å². The number of nitrogens with one attached hydrogen (secondary N) is 2. The Morgan fingerprint density at radius 2 is 1.97 bits per heavy atom. The number of aromatic nitrogens is 3. The Balaban J connectivity index is 1.27. The van der Waals surface area contributed by atoms with Crippen LogP contribution in [-0.4, -0.2) is 80.9 Å². The van der Waals surface area contributed by atoms with E-state index < -0.39 is 0 Å². The van der Waals surface area contributed by atoms with E-state index in [0.717, 1.165) is 35.6 Å². The number of aryl methyl sites for hydroxylation is 2. The fraction of sp³-hybridized carbons (Fsp3) is 0.385. The van der Waals surface area contributed by atoms with Gasteiger partial charge in [0, 0.05) is 63.6 Å². The van der Waals surface area contributed by atoms with E-state index in [1.165, 1.54) is 0 Å². The van der Waals surface area contributed by atoms with Gasteiger partial charge in [-0.2, -0.15) is 5.10 Å². The zero-order valence-corrected chi connectivity index (χ0v) is 21.1.